The van der Waals surface area contributed by atoms with Crippen molar-refractivity contribution >= 4 is 40.5 Å². The molecule has 0 saturated heterocycles. The molecule has 0 radical (unpaired) electrons. The summed E-state index contributed by atoms with van der Waals surface area (Å²) in [6.07, 6.45) is 0. The fourth-order valence-corrected chi connectivity index (χ4v) is 1.29. The van der Waals surface area contributed by atoms with E-state index in [9.17, 15) is 0 Å². The van der Waals surface area contributed by atoms with Gasteiger partial charge in [0.2, 0.25) is 0 Å². The Labute approximate surface area is 103 Å². The van der Waals surface area contributed by atoms with Crippen molar-refractivity contribution in [2.75, 3.05) is 11.9 Å². The van der Waals surface area contributed by atoms with Crippen LogP contribution >= 0.6 is 34.8 Å². The van der Waals surface area contributed by atoms with E-state index in [1.807, 2.05) is 6.07 Å². The van der Waals surface area contributed by atoms with Gasteiger partial charge in [0.15, 0.2) is 0 Å². The molecule has 5 heteroatoms. The topological polar surface area (TPSA) is 35.8 Å². The Balaban J connectivity index is 2.84. The van der Waals surface area contributed by atoms with Gasteiger partial charge < -0.3 is 5.32 Å². The standard InChI is InChI=1S/C10H7Cl3N2/c11-4-9(13)6-15-10-3-8(12)2-1-7(10)5-14/h1-4,15H,6H2. The zero-order valence-corrected chi connectivity index (χ0v) is 9.87. The monoisotopic (exact) mass is 260 g/mol. The molecule has 0 heterocycles. The molecule has 0 aliphatic rings. The Morgan fingerprint density at radius 3 is 2.87 bits per heavy atom. The smallest absolute Gasteiger partial charge is 0.101 e. The molecule has 0 atom stereocenters. The number of hydrogen-bond acceptors (Lipinski definition) is 2. The quantitative estimate of drug-likeness (QED) is 0.894. The minimum Gasteiger partial charge on any atom is -0.379 e. The molecule has 0 amide bonds. The SMILES string of the molecule is N#Cc1ccc(Cl)cc1NCC(Cl)=CCl. The van der Waals surface area contributed by atoms with Crippen LogP contribution in [0, 0.1) is 11.3 Å². The number of anilines is 1. The number of rotatable bonds is 3. The Hall–Kier alpha value is -0.880. The molecule has 0 unspecified atom stereocenters. The maximum absolute atomic E-state index is 8.83. The van der Waals surface area contributed by atoms with Crippen molar-refractivity contribution in [3.8, 4) is 6.07 Å². The van der Waals surface area contributed by atoms with E-state index in [-0.39, 0.29) is 0 Å². The van der Waals surface area contributed by atoms with Gasteiger partial charge in [0.1, 0.15) is 6.07 Å². The van der Waals surface area contributed by atoms with Crippen LogP contribution in [-0.4, -0.2) is 6.54 Å². The van der Waals surface area contributed by atoms with E-state index in [2.05, 4.69) is 5.32 Å². The van der Waals surface area contributed by atoms with Gasteiger partial charge in [0, 0.05) is 15.6 Å². The summed E-state index contributed by atoms with van der Waals surface area (Å²) >= 11 is 16.9. The van der Waals surface area contributed by atoms with Gasteiger partial charge in [0.25, 0.3) is 0 Å². The Bertz CT molecular complexity index is 421. The molecule has 1 aromatic carbocycles. The number of nitrogens with one attached hydrogen (secondary N) is 1. The van der Waals surface area contributed by atoms with E-state index in [1.54, 1.807) is 18.2 Å². The zero-order chi connectivity index (χ0) is 11.3. The van der Waals surface area contributed by atoms with Crippen LogP contribution in [0.25, 0.3) is 0 Å². The van der Waals surface area contributed by atoms with E-state index < -0.39 is 0 Å². The van der Waals surface area contributed by atoms with Crippen LogP contribution in [0.5, 0.6) is 0 Å². The highest BCUT2D eigenvalue weighted by Gasteiger charge is 2.02. The van der Waals surface area contributed by atoms with Crippen molar-refractivity contribution < 1.29 is 0 Å². The predicted molar refractivity (Wildman–Crippen MR) is 64.4 cm³/mol. The van der Waals surface area contributed by atoms with Crippen molar-refractivity contribution in [3.05, 3.63) is 39.4 Å². The Kier molecular flexibility index (Phi) is 4.77. The fourth-order valence-electron chi connectivity index (χ4n) is 0.978. The van der Waals surface area contributed by atoms with Gasteiger partial charge in [-0.2, -0.15) is 5.26 Å². The molecule has 1 rings (SSSR count). The first kappa shape index (κ1) is 12.2. The summed E-state index contributed by atoms with van der Waals surface area (Å²) in [5.41, 5.74) is 2.42. The van der Waals surface area contributed by atoms with Crippen molar-refractivity contribution in [3.63, 3.8) is 0 Å². The average molecular weight is 262 g/mol. The van der Waals surface area contributed by atoms with Gasteiger partial charge >= 0.3 is 0 Å². The Morgan fingerprint density at radius 2 is 2.27 bits per heavy atom. The van der Waals surface area contributed by atoms with Gasteiger partial charge in [-0.25, -0.2) is 0 Å². The molecular weight excluding hydrogens is 254 g/mol. The molecule has 0 bridgehead atoms. The lowest BCUT2D eigenvalue weighted by Crippen LogP contribution is -2.02. The fraction of sp³-hybridized carbons (Fsp3) is 0.100. The van der Waals surface area contributed by atoms with Crippen LogP contribution in [0.15, 0.2) is 28.8 Å². The average Bonchev–Trinajstić information content (AvgIpc) is 2.26. The second kappa shape index (κ2) is 5.87. The normalized spacial score (nSPS) is 10.9. The van der Waals surface area contributed by atoms with Crippen LogP contribution in [0.3, 0.4) is 0 Å². The highest BCUT2D eigenvalue weighted by atomic mass is 35.5. The van der Waals surface area contributed by atoms with Crippen LogP contribution in [0.4, 0.5) is 5.69 Å². The summed E-state index contributed by atoms with van der Waals surface area (Å²) < 4.78 is 0. The highest BCUT2D eigenvalue weighted by molar-refractivity contribution is 6.36. The maximum Gasteiger partial charge on any atom is 0.101 e. The predicted octanol–water partition coefficient (Wildman–Crippen LogP) is 3.94. The number of halogens is 3. The van der Waals surface area contributed by atoms with E-state index in [1.165, 1.54) is 5.54 Å². The lowest BCUT2D eigenvalue weighted by molar-refractivity contribution is 1.30. The van der Waals surface area contributed by atoms with Crippen LogP contribution < -0.4 is 5.32 Å². The Morgan fingerprint density at radius 1 is 1.53 bits per heavy atom. The molecule has 0 saturated carbocycles. The molecule has 2 nitrogen and oxygen atoms in total. The van der Waals surface area contributed by atoms with Gasteiger partial charge in [0.05, 0.1) is 17.8 Å². The van der Waals surface area contributed by atoms with Crippen molar-refractivity contribution in [2.45, 2.75) is 0 Å². The summed E-state index contributed by atoms with van der Waals surface area (Å²) in [7, 11) is 0. The molecule has 0 fully saturated rings. The van der Waals surface area contributed by atoms with Gasteiger partial charge in [-0.1, -0.05) is 34.8 Å². The van der Waals surface area contributed by atoms with Gasteiger partial charge in [-0.05, 0) is 18.2 Å². The molecule has 0 spiro atoms. The molecule has 1 N–H and O–H groups in total. The van der Waals surface area contributed by atoms with Crippen molar-refractivity contribution in [1.29, 1.82) is 5.26 Å². The third kappa shape index (κ3) is 3.64. The lowest BCUT2D eigenvalue weighted by Gasteiger charge is -2.07. The van der Waals surface area contributed by atoms with Crippen LogP contribution in [0.1, 0.15) is 5.56 Å². The molecule has 1 aromatic rings. The van der Waals surface area contributed by atoms with Crippen LogP contribution in [-0.2, 0) is 0 Å². The van der Waals surface area contributed by atoms with Crippen molar-refractivity contribution in [1.82, 2.24) is 0 Å². The summed E-state index contributed by atoms with van der Waals surface area (Å²) in [6.45, 7) is 0.361. The van der Waals surface area contributed by atoms with E-state index >= 15 is 0 Å². The number of nitrogens with zero attached hydrogens (tertiary/aromatic N) is 1. The van der Waals surface area contributed by atoms with E-state index in [0.717, 1.165) is 0 Å². The first-order chi connectivity index (χ1) is 7.17. The van der Waals surface area contributed by atoms with Crippen LogP contribution in [0.2, 0.25) is 5.02 Å². The first-order valence-corrected chi connectivity index (χ1v) is 5.25. The highest BCUT2D eigenvalue weighted by Crippen LogP contribution is 2.20. The molecular formula is C10H7Cl3N2. The van der Waals surface area contributed by atoms with Crippen molar-refractivity contribution in [2.24, 2.45) is 0 Å². The lowest BCUT2D eigenvalue weighted by atomic mass is 10.2. The maximum atomic E-state index is 8.83. The van der Waals surface area contributed by atoms with E-state index in [4.69, 9.17) is 40.1 Å². The minimum absolute atomic E-state index is 0.361. The second-order valence-electron chi connectivity index (χ2n) is 2.71. The first-order valence-electron chi connectivity index (χ1n) is 4.05. The molecule has 15 heavy (non-hydrogen) atoms. The number of nitriles is 1. The number of hydrogen-bond donors (Lipinski definition) is 1. The molecule has 0 aromatic heterocycles. The third-order valence-corrected chi connectivity index (χ3v) is 2.52. The molecule has 0 aliphatic heterocycles. The summed E-state index contributed by atoms with van der Waals surface area (Å²) in [6, 6.07) is 7.01. The second-order valence-corrected chi connectivity index (χ2v) is 3.85. The molecule has 0 aliphatic carbocycles. The summed E-state index contributed by atoms with van der Waals surface area (Å²) in [5.74, 6) is 0. The summed E-state index contributed by atoms with van der Waals surface area (Å²) in [4.78, 5) is 0. The third-order valence-electron chi connectivity index (χ3n) is 1.67. The van der Waals surface area contributed by atoms with Gasteiger partial charge in [-0.15, -0.1) is 0 Å². The summed E-state index contributed by atoms with van der Waals surface area (Å²) in [5, 5.41) is 12.8. The van der Waals surface area contributed by atoms with Gasteiger partial charge in [-0.3, -0.25) is 0 Å². The van der Waals surface area contributed by atoms with E-state index in [0.29, 0.717) is 27.9 Å². The number of benzene rings is 1. The zero-order valence-electron chi connectivity index (χ0n) is 7.60. The minimum atomic E-state index is 0.361. The largest absolute Gasteiger partial charge is 0.379 e. The molecule has 78 valence electrons.